The number of nitrogens with zero attached hydrogens (tertiary/aromatic N) is 1. The van der Waals surface area contributed by atoms with Gasteiger partial charge in [0, 0.05) is 30.5 Å². The highest BCUT2D eigenvalue weighted by Gasteiger charge is 2.22. The van der Waals surface area contributed by atoms with Crippen LogP contribution in [0.1, 0.15) is 12.0 Å². The number of benzene rings is 1. The van der Waals surface area contributed by atoms with E-state index < -0.39 is 30.2 Å². The molecular formula is C16H21Cl2N3O4. The SMILES string of the molecule is NC(=O)C[C@H](NC(=O)Cc1ccc(N(CCCl)CCCl)cc1)C(=O)O. The molecule has 25 heavy (non-hydrogen) atoms. The van der Waals surface area contributed by atoms with Gasteiger partial charge < -0.3 is 21.1 Å². The number of carboxylic acid groups (broad SMARTS) is 1. The second-order valence-corrected chi connectivity index (χ2v) is 6.09. The first-order chi connectivity index (χ1) is 11.9. The average molecular weight is 390 g/mol. The van der Waals surface area contributed by atoms with E-state index >= 15 is 0 Å². The summed E-state index contributed by atoms with van der Waals surface area (Å²) in [7, 11) is 0. The fraction of sp³-hybridized carbons (Fsp3) is 0.438. The van der Waals surface area contributed by atoms with Crippen LogP contribution >= 0.6 is 23.2 Å². The van der Waals surface area contributed by atoms with Gasteiger partial charge in [-0.05, 0) is 17.7 Å². The van der Waals surface area contributed by atoms with Gasteiger partial charge in [0.1, 0.15) is 6.04 Å². The van der Waals surface area contributed by atoms with Crippen molar-refractivity contribution in [1.29, 1.82) is 0 Å². The normalized spacial score (nSPS) is 11.6. The first-order valence-corrected chi connectivity index (χ1v) is 8.70. The summed E-state index contributed by atoms with van der Waals surface area (Å²) in [5.41, 5.74) is 6.62. The lowest BCUT2D eigenvalue weighted by Gasteiger charge is -2.23. The molecule has 7 nitrogen and oxygen atoms in total. The van der Waals surface area contributed by atoms with Crippen molar-refractivity contribution >= 4 is 46.7 Å². The van der Waals surface area contributed by atoms with Crippen LogP contribution in [0.15, 0.2) is 24.3 Å². The number of hydrogen-bond acceptors (Lipinski definition) is 4. The summed E-state index contributed by atoms with van der Waals surface area (Å²) in [6.45, 7) is 1.31. The Morgan fingerprint density at radius 1 is 1.12 bits per heavy atom. The van der Waals surface area contributed by atoms with Gasteiger partial charge in [-0.3, -0.25) is 9.59 Å². The Labute approximate surface area is 156 Å². The lowest BCUT2D eigenvalue weighted by atomic mass is 10.1. The smallest absolute Gasteiger partial charge is 0.326 e. The van der Waals surface area contributed by atoms with Crippen molar-refractivity contribution in [1.82, 2.24) is 5.32 Å². The molecule has 0 aliphatic carbocycles. The fourth-order valence-electron chi connectivity index (χ4n) is 2.23. The minimum absolute atomic E-state index is 0.00612. The second kappa shape index (κ2) is 10.8. The van der Waals surface area contributed by atoms with E-state index in [9.17, 15) is 14.4 Å². The van der Waals surface area contributed by atoms with Crippen molar-refractivity contribution in [2.24, 2.45) is 5.73 Å². The molecular weight excluding hydrogens is 369 g/mol. The monoisotopic (exact) mass is 389 g/mol. The molecule has 0 bridgehead atoms. The molecule has 1 aromatic carbocycles. The summed E-state index contributed by atoms with van der Waals surface area (Å²) in [5.74, 6) is -1.66. The fourth-order valence-corrected chi connectivity index (χ4v) is 2.64. The summed E-state index contributed by atoms with van der Waals surface area (Å²) in [6, 6.07) is 5.91. The molecule has 0 fully saturated rings. The van der Waals surface area contributed by atoms with E-state index in [1.165, 1.54) is 0 Å². The molecule has 138 valence electrons. The number of aliphatic carboxylic acids is 1. The van der Waals surface area contributed by atoms with E-state index in [1.807, 2.05) is 17.0 Å². The molecule has 0 radical (unpaired) electrons. The van der Waals surface area contributed by atoms with Gasteiger partial charge >= 0.3 is 5.97 Å². The summed E-state index contributed by atoms with van der Waals surface area (Å²) in [6.07, 6.45) is -0.459. The molecule has 0 aromatic heterocycles. The molecule has 0 aliphatic rings. The highest BCUT2D eigenvalue weighted by molar-refractivity contribution is 6.18. The van der Waals surface area contributed by atoms with Gasteiger partial charge in [-0.2, -0.15) is 0 Å². The van der Waals surface area contributed by atoms with Crippen molar-refractivity contribution in [3.05, 3.63) is 29.8 Å². The molecule has 2 amide bonds. The Balaban J connectivity index is 2.68. The van der Waals surface area contributed by atoms with Crippen LogP contribution in [0.2, 0.25) is 0 Å². The minimum Gasteiger partial charge on any atom is -0.480 e. The van der Waals surface area contributed by atoms with Gasteiger partial charge in [0.2, 0.25) is 11.8 Å². The van der Waals surface area contributed by atoms with E-state index in [0.717, 1.165) is 5.69 Å². The van der Waals surface area contributed by atoms with Crippen molar-refractivity contribution in [3.63, 3.8) is 0 Å². The van der Waals surface area contributed by atoms with Crippen LogP contribution in [0.3, 0.4) is 0 Å². The topological polar surface area (TPSA) is 113 Å². The van der Waals surface area contributed by atoms with E-state index in [-0.39, 0.29) is 6.42 Å². The number of anilines is 1. The molecule has 0 saturated carbocycles. The number of carboxylic acids is 1. The standard InChI is InChI=1S/C16H21Cl2N3O4/c17-5-7-21(8-6-18)12-3-1-11(2-4-12)9-15(23)20-13(16(24)25)10-14(19)22/h1-4,13H,5-10H2,(H2,19,22)(H,20,23)(H,24,25)/t13-/m0/s1. The van der Waals surface area contributed by atoms with Crippen LogP contribution in [0.5, 0.6) is 0 Å². The number of carbonyl (C=O) groups is 3. The molecule has 9 heteroatoms. The Kier molecular flexibility index (Phi) is 9.08. The van der Waals surface area contributed by atoms with Crippen molar-refractivity contribution in [3.8, 4) is 0 Å². The number of hydrogen-bond donors (Lipinski definition) is 3. The predicted octanol–water partition coefficient (Wildman–Crippen LogP) is 0.958. The lowest BCUT2D eigenvalue weighted by Crippen LogP contribution is -2.43. The molecule has 0 aliphatic heterocycles. The van der Waals surface area contributed by atoms with Crippen molar-refractivity contribution < 1.29 is 19.5 Å². The number of amides is 2. The third kappa shape index (κ3) is 7.62. The summed E-state index contributed by atoms with van der Waals surface area (Å²) >= 11 is 11.5. The van der Waals surface area contributed by atoms with Crippen LogP contribution in [0.25, 0.3) is 0 Å². The molecule has 0 spiro atoms. The zero-order chi connectivity index (χ0) is 18.8. The first kappa shape index (κ1) is 21.1. The Bertz CT molecular complexity index is 590. The maximum absolute atomic E-state index is 12.0. The molecule has 0 saturated heterocycles. The maximum Gasteiger partial charge on any atom is 0.326 e. The molecule has 4 N–H and O–H groups in total. The lowest BCUT2D eigenvalue weighted by molar-refractivity contribution is -0.143. The second-order valence-electron chi connectivity index (χ2n) is 5.34. The van der Waals surface area contributed by atoms with Crippen LogP contribution in [0, 0.1) is 0 Å². The van der Waals surface area contributed by atoms with Crippen LogP contribution < -0.4 is 16.0 Å². The number of nitrogens with two attached hydrogens (primary N) is 1. The number of nitrogens with one attached hydrogen (secondary N) is 1. The minimum atomic E-state index is -1.33. The number of halogens is 2. The van der Waals surface area contributed by atoms with Crippen molar-refractivity contribution in [2.75, 3.05) is 29.7 Å². The van der Waals surface area contributed by atoms with Crippen LogP contribution in [-0.2, 0) is 20.8 Å². The zero-order valence-corrected chi connectivity index (χ0v) is 15.1. The quantitative estimate of drug-likeness (QED) is 0.487. The predicted molar refractivity (Wildman–Crippen MR) is 97.2 cm³/mol. The number of alkyl halides is 2. The molecule has 1 rings (SSSR count). The van der Waals surface area contributed by atoms with Gasteiger partial charge in [0.15, 0.2) is 0 Å². The first-order valence-electron chi connectivity index (χ1n) is 7.63. The molecule has 1 aromatic rings. The summed E-state index contributed by atoms with van der Waals surface area (Å²) in [5, 5.41) is 11.3. The largest absolute Gasteiger partial charge is 0.480 e. The van der Waals surface area contributed by atoms with E-state index in [4.69, 9.17) is 34.0 Å². The third-order valence-electron chi connectivity index (χ3n) is 3.41. The number of primary amides is 1. The Hall–Kier alpha value is -1.99. The maximum atomic E-state index is 12.0. The third-order valence-corrected chi connectivity index (χ3v) is 3.75. The van der Waals surface area contributed by atoms with E-state index in [2.05, 4.69) is 5.32 Å². The van der Waals surface area contributed by atoms with E-state index in [1.54, 1.807) is 12.1 Å². The molecule has 0 unspecified atom stereocenters. The van der Waals surface area contributed by atoms with Crippen LogP contribution in [-0.4, -0.2) is 53.8 Å². The highest BCUT2D eigenvalue weighted by Crippen LogP contribution is 2.16. The summed E-state index contributed by atoms with van der Waals surface area (Å²) in [4.78, 5) is 35.8. The van der Waals surface area contributed by atoms with Gasteiger partial charge in [-0.15, -0.1) is 23.2 Å². The van der Waals surface area contributed by atoms with E-state index in [0.29, 0.717) is 30.4 Å². The average Bonchev–Trinajstić information content (AvgIpc) is 2.54. The number of rotatable bonds is 11. The van der Waals surface area contributed by atoms with Gasteiger partial charge in [0.05, 0.1) is 12.8 Å². The van der Waals surface area contributed by atoms with Gasteiger partial charge in [-0.25, -0.2) is 4.79 Å². The Morgan fingerprint density at radius 2 is 1.68 bits per heavy atom. The van der Waals surface area contributed by atoms with Gasteiger partial charge in [0.25, 0.3) is 0 Å². The van der Waals surface area contributed by atoms with Crippen LogP contribution in [0.4, 0.5) is 5.69 Å². The Morgan fingerprint density at radius 3 is 2.12 bits per heavy atom. The highest BCUT2D eigenvalue weighted by atomic mass is 35.5. The zero-order valence-electron chi connectivity index (χ0n) is 13.6. The van der Waals surface area contributed by atoms with Gasteiger partial charge in [-0.1, -0.05) is 12.1 Å². The molecule has 0 heterocycles. The van der Waals surface area contributed by atoms with Crippen molar-refractivity contribution in [2.45, 2.75) is 18.9 Å². The summed E-state index contributed by atoms with van der Waals surface area (Å²) < 4.78 is 0. The number of carbonyl (C=O) groups excluding carboxylic acids is 2. The molecule has 1 atom stereocenters.